The molecule has 68 valence electrons. The van der Waals surface area contributed by atoms with Crippen LogP contribution in [0.3, 0.4) is 0 Å². The average Bonchev–Trinajstić information content (AvgIpc) is 2.02. The van der Waals surface area contributed by atoms with E-state index in [9.17, 15) is 5.11 Å². The molecule has 3 unspecified atom stereocenters. The molecule has 0 radical (unpaired) electrons. The fraction of sp³-hybridized carbons (Fsp3) is 1.00. The zero-order chi connectivity index (χ0) is 8.85. The van der Waals surface area contributed by atoms with Crippen molar-refractivity contribution in [3.05, 3.63) is 0 Å². The zero-order valence-electron chi connectivity index (χ0n) is 8.09. The number of rotatable bonds is 5. The van der Waals surface area contributed by atoms with Gasteiger partial charge in [-0.05, 0) is 19.4 Å². The predicted octanol–water partition coefficient (Wildman–Crippen LogP) is 1.39. The normalized spacial score (nSPS) is 19.4. The molecule has 0 aromatic carbocycles. The Hall–Kier alpha value is -0.0800. The van der Waals surface area contributed by atoms with Gasteiger partial charge in [0.1, 0.15) is 0 Å². The minimum atomic E-state index is -0.208. The lowest BCUT2D eigenvalue weighted by molar-refractivity contribution is 0.0811. The molecule has 2 N–H and O–H groups in total. The third-order valence-corrected chi connectivity index (χ3v) is 2.27. The van der Waals surface area contributed by atoms with Gasteiger partial charge in [-0.3, -0.25) is 0 Å². The standard InChI is InChI=1S/C9H21NO/c1-5-7(3)9(11)8(4)10-6-2/h7-11H,5-6H2,1-4H3. The SMILES string of the molecule is CCNC(C)C(O)C(C)CC. The summed E-state index contributed by atoms with van der Waals surface area (Å²) in [5.74, 6) is 0.393. The maximum absolute atomic E-state index is 9.65. The van der Waals surface area contributed by atoms with Crippen molar-refractivity contribution < 1.29 is 5.11 Å². The van der Waals surface area contributed by atoms with Gasteiger partial charge in [-0.25, -0.2) is 0 Å². The van der Waals surface area contributed by atoms with E-state index in [0.29, 0.717) is 5.92 Å². The first-order valence-electron chi connectivity index (χ1n) is 4.54. The molecule has 0 bridgehead atoms. The molecule has 0 heterocycles. The Kier molecular flexibility index (Phi) is 5.51. The van der Waals surface area contributed by atoms with Crippen molar-refractivity contribution in [3.63, 3.8) is 0 Å². The Morgan fingerprint density at radius 3 is 2.18 bits per heavy atom. The largest absolute Gasteiger partial charge is 0.391 e. The van der Waals surface area contributed by atoms with E-state index in [4.69, 9.17) is 0 Å². The van der Waals surface area contributed by atoms with Crippen molar-refractivity contribution in [1.82, 2.24) is 5.32 Å². The zero-order valence-corrected chi connectivity index (χ0v) is 8.09. The summed E-state index contributed by atoms with van der Waals surface area (Å²) in [6.45, 7) is 9.19. The minimum Gasteiger partial charge on any atom is -0.391 e. The number of nitrogens with one attached hydrogen (secondary N) is 1. The Morgan fingerprint density at radius 1 is 1.27 bits per heavy atom. The van der Waals surface area contributed by atoms with E-state index in [1.54, 1.807) is 0 Å². The van der Waals surface area contributed by atoms with E-state index in [2.05, 4.69) is 26.1 Å². The van der Waals surface area contributed by atoms with E-state index in [1.165, 1.54) is 0 Å². The van der Waals surface area contributed by atoms with Crippen LogP contribution in [0.25, 0.3) is 0 Å². The summed E-state index contributed by atoms with van der Waals surface area (Å²) in [5, 5.41) is 12.9. The Labute approximate surface area is 70.0 Å². The van der Waals surface area contributed by atoms with Gasteiger partial charge < -0.3 is 10.4 Å². The number of aliphatic hydroxyl groups is 1. The smallest absolute Gasteiger partial charge is 0.0715 e. The fourth-order valence-corrected chi connectivity index (χ4v) is 1.18. The summed E-state index contributed by atoms with van der Waals surface area (Å²) in [6, 6.07) is 0.218. The molecule has 0 saturated carbocycles. The molecular formula is C9H21NO. The number of aliphatic hydroxyl groups excluding tert-OH is 1. The van der Waals surface area contributed by atoms with Crippen LogP contribution in [0.15, 0.2) is 0 Å². The first kappa shape index (κ1) is 10.9. The second-order valence-corrected chi connectivity index (χ2v) is 3.22. The molecule has 11 heavy (non-hydrogen) atoms. The summed E-state index contributed by atoms with van der Waals surface area (Å²) in [5.41, 5.74) is 0. The van der Waals surface area contributed by atoms with Gasteiger partial charge in [-0.2, -0.15) is 0 Å². The fourth-order valence-electron chi connectivity index (χ4n) is 1.18. The predicted molar refractivity (Wildman–Crippen MR) is 48.6 cm³/mol. The van der Waals surface area contributed by atoms with Crippen molar-refractivity contribution in [3.8, 4) is 0 Å². The van der Waals surface area contributed by atoms with Crippen molar-refractivity contribution in [2.45, 2.75) is 46.3 Å². The van der Waals surface area contributed by atoms with Gasteiger partial charge in [-0.1, -0.05) is 27.2 Å². The molecular weight excluding hydrogens is 138 g/mol. The molecule has 3 atom stereocenters. The number of hydrogen-bond acceptors (Lipinski definition) is 2. The summed E-state index contributed by atoms with van der Waals surface area (Å²) in [4.78, 5) is 0. The van der Waals surface area contributed by atoms with Crippen molar-refractivity contribution >= 4 is 0 Å². The lowest BCUT2D eigenvalue weighted by Crippen LogP contribution is -2.40. The van der Waals surface area contributed by atoms with E-state index < -0.39 is 0 Å². The highest BCUT2D eigenvalue weighted by Crippen LogP contribution is 2.10. The molecule has 0 rings (SSSR count). The Morgan fingerprint density at radius 2 is 1.82 bits per heavy atom. The van der Waals surface area contributed by atoms with Crippen molar-refractivity contribution in [2.75, 3.05) is 6.54 Å². The molecule has 0 saturated heterocycles. The molecule has 2 nitrogen and oxygen atoms in total. The van der Waals surface area contributed by atoms with Crippen LogP contribution in [0, 0.1) is 5.92 Å². The second kappa shape index (κ2) is 5.56. The number of hydrogen-bond donors (Lipinski definition) is 2. The second-order valence-electron chi connectivity index (χ2n) is 3.22. The molecule has 0 fully saturated rings. The topological polar surface area (TPSA) is 32.3 Å². The average molecular weight is 159 g/mol. The van der Waals surface area contributed by atoms with E-state index in [0.717, 1.165) is 13.0 Å². The van der Waals surface area contributed by atoms with Gasteiger partial charge in [0.2, 0.25) is 0 Å². The molecule has 0 aromatic heterocycles. The molecule has 0 spiro atoms. The van der Waals surface area contributed by atoms with E-state index in [1.807, 2.05) is 6.92 Å². The molecule has 0 aliphatic rings. The van der Waals surface area contributed by atoms with Gasteiger partial charge in [0.05, 0.1) is 6.10 Å². The lowest BCUT2D eigenvalue weighted by atomic mass is 9.97. The van der Waals surface area contributed by atoms with Crippen molar-refractivity contribution in [2.24, 2.45) is 5.92 Å². The van der Waals surface area contributed by atoms with Crippen LogP contribution in [0.5, 0.6) is 0 Å². The van der Waals surface area contributed by atoms with Gasteiger partial charge in [-0.15, -0.1) is 0 Å². The molecule has 0 amide bonds. The molecule has 0 aliphatic heterocycles. The first-order chi connectivity index (χ1) is 5.13. The summed E-state index contributed by atoms with van der Waals surface area (Å²) >= 11 is 0. The first-order valence-corrected chi connectivity index (χ1v) is 4.54. The van der Waals surface area contributed by atoms with Gasteiger partial charge in [0, 0.05) is 6.04 Å². The number of likely N-dealkylation sites (N-methyl/N-ethyl adjacent to an activating group) is 1. The van der Waals surface area contributed by atoms with Crippen LogP contribution >= 0.6 is 0 Å². The minimum absolute atomic E-state index is 0.208. The summed E-state index contributed by atoms with van der Waals surface area (Å²) < 4.78 is 0. The molecule has 2 heteroatoms. The molecule has 0 aliphatic carbocycles. The Bertz CT molecular complexity index is 95.6. The van der Waals surface area contributed by atoms with Gasteiger partial charge in [0.25, 0.3) is 0 Å². The highest BCUT2D eigenvalue weighted by atomic mass is 16.3. The third kappa shape index (κ3) is 3.73. The quantitative estimate of drug-likeness (QED) is 0.635. The van der Waals surface area contributed by atoms with Gasteiger partial charge in [0.15, 0.2) is 0 Å². The molecule has 0 aromatic rings. The monoisotopic (exact) mass is 159 g/mol. The van der Waals surface area contributed by atoms with E-state index >= 15 is 0 Å². The van der Waals surface area contributed by atoms with E-state index in [-0.39, 0.29) is 12.1 Å². The van der Waals surface area contributed by atoms with Crippen LogP contribution < -0.4 is 5.32 Å². The third-order valence-electron chi connectivity index (χ3n) is 2.27. The summed E-state index contributed by atoms with van der Waals surface area (Å²) in [6.07, 6.45) is 0.830. The maximum Gasteiger partial charge on any atom is 0.0715 e. The highest BCUT2D eigenvalue weighted by molar-refractivity contribution is 4.74. The van der Waals surface area contributed by atoms with Crippen molar-refractivity contribution in [1.29, 1.82) is 0 Å². The van der Waals surface area contributed by atoms with Crippen LogP contribution in [0.1, 0.15) is 34.1 Å². The lowest BCUT2D eigenvalue weighted by Gasteiger charge is -2.24. The highest BCUT2D eigenvalue weighted by Gasteiger charge is 2.18. The summed E-state index contributed by atoms with van der Waals surface area (Å²) in [7, 11) is 0. The van der Waals surface area contributed by atoms with Crippen LogP contribution in [0.4, 0.5) is 0 Å². The van der Waals surface area contributed by atoms with Crippen LogP contribution in [-0.2, 0) is 0 Å². The van der Waals surface area contributed by atoms with Gasteiger partial charge >= 0.3 is 0 Å². The van der Waals surface area contributed by atoms with Crippen LogP contribution in [0.2, 0.25) is 0 Å². The Balaban J connectivity index is 3.70. The van der Waals surface area contributed by atoms with Crippen LogP contribution in [-0.4, -0.2) is 23.8 Å². The maximum atomic E-state index is 9.65.